The smallest absolute Gasteiger partial charge is 0.303 e. The second-order valence-electron chi connectivity index (χ2n) is 5.25. The summed E-state index contributed by atoms with van der Waals surface area (Å²) in [5, 5.41) is 0. The molecule has 23 heavy (non-hydrogen) atoms. The molecule has 0 spiro atoms. The van der Waals surface area contributed by atoms with E-state index in [1.807, 2.05) is 0 Å². The Morgan fingerprint density at radius 1 is 1.04 bits per heavy atom. The fourth-order valence-electron chi connectivity index (χ4n) is 2.53. The van der Waals surface area contributed by atoms with Gasteiger partial charge < -0.3 is 23.7 Å². The average molecular weight is 329 g/mol. The van der Waals surface area contributed by atoms with Crippen LogP contribution in [0, 0.1) is 0 Å². The minimum atomic E-state index is -0.963. The maximum atomic E-state index is 11.4. The van der Waals surface area contributed by atoms with Gasteiger partial charge in [0.15, 0.2) is 24.1 Å². The average Bonchev–Trinajstić information content (AvgIpc) is 2.78. The monoisotopic (exact) mass is 329 g/mol. The van der Waals surface area contributed by atoms with Gasteiger partial charge in [0, 0.05) is 27.7 Å². The van der Waals surface area contributed by atoms with Gasteiger partial charge in [0.25, 0.3) is 0 Å². The highest BCUT2D eigenvalue weighted by molar-refractivity contribution is 5.75. The summed E-state index contributed by atoms with van der Waals surface area (Å²) in [4.78, 5) is 38.1. The normalized spacial score (nSPS) is 32.2. The molecule has 0 aromatic heterocycles. The van der Waals surface area contributed by atoms with E-state index in [-0.39, 0.29) is 6.61 Å². The summed E-state index contributed by atoms with van der Waals surface area (Å²) in [6, 6.07) is -0.656. The minimum Gasteiger partial charge on any atom is -0.463 e. The first-order valence-electron chi connectivity index (χ1n) is 7.12. The number of nitrogens with zero attached hydrogens (tertiary/aromatic N) is 1. The van der Waals surface area contributed by atoms with Crippen LogP contribution < -0.4 is 0 Å². The van der Waals surface area contributed by atoms with Crippen LogP contribution in [0.1, 0.15) is 27.7 Å². The fraction of sp³-hybridized carbons (Fsp3) is 0.714. The highest BCUT2D eigenvalue weighted by Crippen LogP contribution is 2.32. The first-order valence-corrected chi connectivity index (χ1v) is 7.12. The molecule has 0 N–H and O–H groups in total. The van der Waals surface area contributed by atoms with Crippen LogP contribution in [-0.4, -0.2) is 61.1 Å². The van der Waals surface area contributed by atoms with Crippen LogP contribution in [0.2, 0.25) is 0 Å². The molecular formula is C14H19NO8. The maximum Gasteiger partial charge on any atom is 0.303 e. The number of fused-ring (bicyclic) bond motifs is 1. The molecular weight excluding hydrogens is 310 g/mol. The molecule has 2 heterocycles. The SMILES string of the molecule is CC(=O)OC[C@H]1O[C@H]2OC(C)=N[C@H]2[C@H](OC(C)=O)[C@@H]1OC(C)=O. The summed E-state index contributed by atoms with van der Waals surface area (Å²) in [7, 11) is 0. The van der Waals surface area contributed by atoms with Crippen LogP contribution in [0.15, 0.2) is 4.99 Å². The Hall–Kier alpha value is -2.16. The zero-order chi connectivity index (χ0) is 17.1. The summed E-state index contributed by atoms with van der Waals surface area (Å²) in [5.74, 6) is -1.28. The number of aliphatic imine (C=N–C) groups is 1. The van der Waals surface area contributed by atoms with E-state index in [0.717, 1.165) is 0 Å². The molecule has 2 aliphatic rings. The van der Waals surface area contributed by atoms with E-state index in [4.69, 9.17) is 23.7 Å². The highest BCUT2D eigenvalue weighted by Gasteiger charge is 2.53. The third-order valence-electron chi connectivity index (χ3n) is 3.29. The van der Waals surface area contributed by atoms with Crippen LogP contribution in [0.5, 0.6) is 0 Å². The third kappa shape index (κ3) is 4.19. The van der Waals surface area contributed by atoms with Crippen molar-refractivity contribution in [3.05, 3.63) is 0 Å². The lowest BCUT2D eigenvalue weighted by Gasteiger charge is -2.40. The number of hydrogen-bond donors (Lipinski definition) is 0. The van der Waals surface area contributed by atoms with Gasteiger partial charge >= 0.3 is 17.9 Å². The van der Waals surface area contributed by atoms with E-state index in [0.29, 0.717) is 5.90 Å². The van der Waals surface area contributed by atoms with Gasteiger partial charge in [-0.25, -0.2) is 4.99 Å². The lowest BCUT2D eigenvalue weighted by Crippen LogP contribution is -2.60. The van der Waals surface area contributed by atoms with Gasteiger partial charge in [-0.15, -0.1) is 0 Å². The number of ether oxygens (including phenoxy) is 5. The number of rotatable bonds is 4. The van der Waals surface area contributed by atoms with Crippen molar-refractivity contribution in [2.75, 3.05) is 6.61 Å². The van der Waals surface area contributed by atoms with Crippen molar-refractivity contribution in [3.63, 3.8) is 0 Å². The molecule has 5 atom stereocenters. The van der Waals surface area contributed by atoms with Crippen LogP contribution >= 0.6 is 0 Å². The van der Waals surface area contributed by atoms with Crippen molar-refractivity contribution < 1.29 is 38.1 Å². The first kappa shape index (κ1) is 17.2. The van der Waals surface area contributed by atoms with Gasteiger partial charge in [0.1, 0.15) is 12.7 Å². The molecule has 1 fully saturated rings. The Kier molecular flexibility index (Phi) is 5.19. The van der Waals surface area contributed by atoms with Crippen molar-refractivity contribution in [2.45, 2.75) is 58.3 Å². The van der Waals surface area contributed by atoms with E-state index < -0.39 is 48.6 Å². The Balaban J connectivity index is 2.26. The summed E-state index contributed by atoms with van der Waals surface area (Å²) < 4.78 is 26.5. The fourth-order valence-corrected chi connectivity index (χ4v) is 2.53. The van der Waals surface area contributed by atoms with E-state index >= 15 is 0 Å². The predicted molar refractivity (Wildman–Crippen MR) is 74.4 cm³/mol. The second-order valence-corrected chi connectivity index (χ2v) is 5.25. The molecule has 0 unspecified atom stereocenters. The maximum absolute atomic E-state index is 11.4. The quantitative estimate of drug-likeness (QED) is 0.522. The highest BCUT2D eigenvalue weighted by atomic mass is 16.7. The second kappa shape index (κ2) is 6.95. The van der Waals surface area contributed by atoms with Gasteiger partial charge in [0.2, 0.25) is 6.29 Å². The zero-order valence-corrected chi connectivity index (χ0v) is 13.3. The van der Waals surface area contributed by atoms with E-state index in [1.54, 1.807) is 6.92 Å². The van der Waals surface area contributed by atoms with Crippen molar-refractivity contribution in [1.82, 2.24) is 0 Å². The summed E-state index contributed by atoms with van der Waals surface area (Å²) in [6.07, 6.45) is -3.50. The van der Waals surface area contributed by atoms with E-state index in [1.165, 1.54) is 20.8 Å². The molecule has 2 aliphatic heterocycles. The molecule has 0 aliphatic carbocycles. The van der Waals surface area contributed by atoms with Crippen molar-refractivity contribution >= 4 is 23.8 Å². The molecule has 2 rings (SSSR count). The first-order chi connectivity index (χ1) is 10.8. The van der Waals surface area contributed by atoms with Gasteiger partial charge in [-0.2, -0.15) is 0 Å². The van der Waals surface area contributed by atoms with Gasteiger partial charge in [0.05, 0.1) is 0 Å². The largest absolute Gasteiger partial charge is 0.463 e. The molecule has 128 valence electrons. The number of carbonyl (C=O) groups excluding carboxylic acids is 3. The lowest BCUT2D eigenvalue weighted by molar-refractivity contribution is -0.249. The molecule has 0 bridgehead atoms. The van der Waals surface area contributed by atoms with Crippen LogP contribution in [0.25, 0.3) is 0 Å². The molecule has 0 aromatic rings. The Morgan fingerprint density at radius 2 is 1.65 bits per heavy atom. The lowest BCUT2D eigenvalue weighted by atomic mass is 9.97. The standard InChI is InChI=1S/C14H19NO8/c1-6-15-11-13(22-9(4)18)12(21-8(3)17)10(5-19-7(2)16)23-14(11)20-6/h10-14H,5H2,1-4H3/t10-,11+,12-,13+,14-/m1/s1. The van der Waals surface area contributed by atoms with E-state index in [2.05, 4.69) is 4.99 Å². The number of carbonyl (C=O) groups is 3. The minimum absolute atomic E-state index is 0.170. The summed E-state index contributed by atoms with van der Waals surface area (Å²) >= 11 is 0. The van der Waals surface area contributed by atoms with Crippen LogP contribution in [0.3, 0.4) is 0 Å². The number of hydrogen-bond acceptors (Lipinski definition) is 9. The Labute approximate surface area is 132 Å². The van der Waals surface area contributed by atoms with Crippen molar-refractivity contribution in [1.29, 1.82) is 0 Å². The molecule has 9 nitrogen and oxygen atoms in total. The van der Waals surface area contributed by atoms with Gasteiger partial charge in [-0.3, -0.25) is 14.4 Å². The summed E-state index contributed by atoms with van der Waals surface area (Å²) in [5.41, 5.74) is 0. The Morgan fingerprint density at radius 3 is 2.22 bits per heavy atom. The molecule has 1 saturated heterocycles. The van der Waals surface area contributed by atoms with Crippen LogP contribution in [0.4, 0.5) is 0 Å². The molecule has 0 radical (unpaired) electrons. The van der Waals surface area contributed by atoms with Crippen molar-refractivity contribution in [2.24, 2.45) is 4.99 Å². The third-order valence-corrected chi connectivity index (χ3v) is 3.29. The number of esters is 3. The topological polar surface area (TPSA) is 110 Å². The molecule has 0 amide bonds. The predicted octanol–water partition coefficient (Wildman–Crippen LogP) is -0.0450. The molecule has 0 aromatic carbocycles. The van der Waals surface area contributed by atoms with Gasteiger partial charge in [-0.05, 0) is 0 Å². The zero-order valence-electron chi connectivity index (χ0n) is 13.3. The molecule has 0 saturated carbocycles. The van der Waals surface area contributed by atoms with Crippen LogP contribution in [-0.2, 0) is 38.1 Å². The Bertz CT molecular complexity index is 531. The summed E-state index contributed by atoms with van der Waals surface area (Å²) in [6.45, 7) is 5.17. The molecule has 9 heteroatoms. The van der Waals surface area contributed by atoms with Gasteiger partial charge in [-0.1, -0.05) is 0 Å². The van der Waals surface area contributed by atoms with Crippen molar-refractivity contribution in [3.8, 4) is 0 Å². The van der Waals surface area contributed by atoms with E-state index in [9.17, 15) is 14.4 Å².